The van der Waals surface area contributed by atoms with E-state index in [9.17, 15) is 22.4 Å². The van der Waals surface area contributed by atoms with Crippen molar-refractivity contribution < 1.29 is 22.4 Å². The van der Waals surface area contributed by atoms with Crippen LogP contribution < -0.4 is 0 Å². The van der Waals surface area contributed by atoms with Crippen molar-refractivity contribution >= 4 is 5.91 Å². The molecule has 1 aromatic heterocycles. The average Bonchev–Trinajstić information content (AvgIpc) is 3.23. The summed E-state index contributed by atoms with van der Waals surface area (Å²) in [6.07, 6.45) is -1.79. The number of piperidine rings is 1. The lowest BCUT2D eigenvalue weighted by Gasteiger charge is -2.31. The van der Waals surface area contributed by atoms with Crippen LogP contribution in [0.3, 0.4) is 0 Å². The van der Waals surface area contributed by atoms with E-state index in [1.165, 1.54) is 6.07 Å². The van der Waals surface area contributed by atoms with E-state index < -0.39 is 11.9 Å². The molecular formula is C23H21F4N3O. The topological polar surface area (TPSA) is 49.0 Å². The molecule has 3 aromatic rings. The summed E-state index contributed by atoms with van der Waals surface area (Å²) in [5, 5.41) is 0. The van der Waals surface area contributed by atoms with Gasteiger partial charge in [0.25, 0.3) is 5.91 Å². The van der Waals surface area contributed by atoms with Gasteiger partial charge >= 0.3 is 6.18 Å². The molecule has 1 N–H and O–H groups in total. The highest BCUT2D eigenvalue weighted by molar-refractivity contribution is 5.94. The number of hydrogen-bond donors (Lipinski definition) is 1. The molecule has 2 aromatic carbocycles. The minimum absolute atomic E-state index is 0.101. The number of carbonyl (C=O) groups excluding carboxylic acids is 1. The smallest absolute Gasteiger partial charge is 0.339 e. The molecule has 0 unspecified atom stereocenters. The zero-order chi connectivity index (χ0) is 22.0. The summed E-state index contributed by atoms with van der Waals surface area (Å²) in [5.41, 5.74) is 0.868. The first kappa shape index (κ1) is 21.1. The van der Waals surface area contributed by atoms with Crippen LogP contribution in [0.4, 0.5) is 17.6 Å². The molecule has 0 aliphatic carbocycles. The van der Waals surface area contributed by atoms with E-state index in [0.717, 1.165) is 6.20 Å². The highest BCUT2D eigenvalue weighted by Gasteiger charge is 2.33. The Balaban J connectivity index is 1.34. The van der Waals surface area contributed by atoms with Crippen LogP contribution in [0.15, 0.2) is 54.7 Å². The molecule has 0 bridgehead atoms. The molecule has 2 heterocycles. The molecule has 4 nitrogen and oxygen atoms in total. The largest absolute Gasteiger partial charge is 0.432 e. The highest BCUT2D eigenvalue weighted by atomic mass is 19.4. The molecular weight excluding hydrogens is 410 g/mol. The fourth-order valence-electron chi connectivity index (χ4n) is 3.89. The molecule has 1 fully saturated rings. The number of nitrogens with zero attached hydrogens (tertiary/aromatic N) is 2. The van der Waals surface area contributed by atoms with Crippen molar-refractivity contribution in [3.63, 3.8) is 0 Å². The van der Waals surface area contributed by atoms with Crippen molar-refractivity contribution in [2.45, 2.75) is 25.4 Å². The van der Waals surface area contributed by atoms with Gasteiger partial charge in [0.05, 0.1) is 6.20 Å². The van der Waals surface area contributed by atoms with Gasteiger partial charge in [-0.15, -0.1) is 0 Å². The van der Waals surface area contributed by atoms with Crippen LogP contribution in [-0.2, 0) is 12.6 Å². The van der Waals surface area contributed by atoms with E-state index in [1.807, 2.05) is 0 Å². The Kier molecular flexibility index (Phi) is 5.80. The van der Waals surface area contributed by atoms with Gasteiger partial charge in [-0.1, -0.05) is 30.3 Å². The molecule has 0 atom stereocenters. The van der Waals surface area contributed by atoms with E-state index in [1.54, 1.807) is 47.4 Å². The number of aromatic amines is 1. The van der Waals surface area contributed by atoms with Crippen molar-refractivity contribution in [1.82, 2.24) is 14.9 Å². The lowest BCUT2D eigenvalue weighted by Crippen LogP contribution is -2.39. The first-order chi connectivity index (χ1) is 14.8. The molecule has 31 heavy (non-hydrogen) atoms. The summed E-state index contributed by atoms with van der Waals surface area (Å²) in [6, 6.07) is 13.3. The highest BCUT2D eigenvalue weighted by Crippen LogP contribution is 2.29. The molecule has 0 spiro atoms. The van der Waals surface area contributed by atoms with Crippen molar-refractivity contribution in [3.05, 3.63) is 77.6 Å². The SMILES string of the molecule is O=C(c1ccc(-c2ccccc2F)cc1)N1CCC(Cc2ncc(C(F)(F)F)[nH]2)CC1. The average molecular weight is 431 g/mol. The lowest BCUT2D eigenvalue weighted by molar-refractivity contribution is -0.141. The van der Waals surface area contributed by atoms with E-state index >= 15 is 0 Å². The number of likely N-dealkylation sites (tertiary alicyclic amines) is 1. The standard InChI is InChI=1S/C23H21F4N3O/c24-19-4-2-1-3-18(19)16-5-7-17(8-6-16)22(31)30-11-9-15(10-12-30)13-21-28-14-20(29-21)23(25,26)27/h1-8,14-15H,9-13H2,(H,28,29). The molecule has 1 saturated heterocycles. The zero-order valence-corrected chi connectivity index (χ0v) is 16.6. The minimum Gasteiger partial charge on any atom is -0.339 e. The summed E-state index contributed by atoms with van der Waals surface area (Å²) >= 11 is 0. The molecule has 8 heteroatoms. The maximum atomic E-state index is 13.9. The zero-order valence-electron chi connectivity index (χ0n) is 16.6. The van der Waals surface area contributed by atoms with Crippen LogP contribution in [0.25, 0.3) is 11.1 Å². The second-order valence-corrected chi connectivity index (χ2v) is 7.74. The van der Waals surface area contributed by atoms with Gasteiger partial charge in [-0.05, 0) is 42.5 Å². The van der Waals surface area contributed by atoms with Crippen molar-refractivity contribution in [3.8, 4) is 11.1 Å². The number of halogens is 4. The molecule has 4 rings (SSSR count). The summed E-state index contributed by atoms with van der Waals surface area (Å²) in [5.74, 6) is 0.0685. The number of rotatable bonds is 4. The summed E-state index contributed by atoms with van der Waals surface area (Å²) < 4.78 is 52.0. The summed E-state index contributed by atoms with van der Waals surface area (Å²) in [4.78, 5) is 20.7. The normalized spacial score (nSPS) is 15.3. The maximum Gasteiger partial charge on any atom is 0.432 e. The fraction of sp³-hybridized carbons (Fsp3) is 0.304. The van der Waals surface area contributed by atoms with Crippen LogP contribution in [-0.4, -0.2) is 33.9 Å². The summed E-state index contributed by atoms with van der Waals surface area (Å²) in [6.45, 7) is 1.07. The third kappa shape index (κ3) is 4.78. The first-order valence-corrected chi connectivity index (χ1v) is 10.1. The quantitative estimate of drug-likeness (QED) is 0.568. The fourth-order valence-corrected chi connectivity index (χ4v) is 3.89. The Labute approximate surface area is 176 Å². The Bertz CT molecular complexity index is 1050. The second-order valence-electron chi connectivity index (χ2n) is 7.74. The van der Waals surface area contributed by atoms with Crippen LogP contribution in [0.5, 0.6) is 0 Å². The summed E-state index contributed by atoms with van der Waals surface area (Å²) in [7, 11) is 0. The van der Waals surface area contributed by atoms with Crippen LogP contribution in [0, 0.1) is 11.7 Å². The van der Waals surface area contributed by atoms with Crippen LogP contribution >= 0.6 is 0 Å². The number of imidazole rings is 1. The maximum absolute atomic E-state index is 13.9. The number of hydrogen-bond acceptors (Lipinski definition) is 2. The predicted octanol–water partition coefficient (Wildman–Crippen LogP) is 5.33. The molecule has 1 amide bonds. The van der Waals surface area contributed by atoms with E-state index in [4.69, 9.17) is 0 Å². The molecule has 162 valence electrons. The first-order valence-electron chi connectivity index (χ1n) is 10.1. The Morgan fingerprint density at radius 3 is 2.35 bits per heavy atom. The molecule has 1 aliphatic rings. The number of H-pyrrole nitrogens is 1. The number of benzene rings is 2. The van der Waals surface area contributed by atoms with Gasteiger partial charge in [-0.2, -0.15) is 13.2 Å². The Hall–Kier alpha value is -3.16. The number of alkyl halides is 3. The lowest BCUT2D eigenvalue weighted by atomic mass is 9.93. The van der Waals surface area contributed by atoms with Gasteiger partial charge in [0, 0.05) is 30.6 Å². The van der Waals surface area contributed by atoms with Crippen molar-refractivity contribution in [1.29, 1.82) is 0 Å². The third-order valence-corrected chi connectivity index (χ3v) is 5.63. The van der Waals surface area contributed by atoms with Gasteiger partial charge < -0.3 is 9.88 Å². The second kappa shape index (κ2) is 8.53. The number of aromatic nitrogens is 2. The van der Waals surface area contributed by atoms with E-state index in [2.05, 4.69) is 9.97 Å². The van der Waals surface area contributed by atoms with Crippen LogP contribution in [0.2, 0.25) is 0 Å². The predicted molar refractivity (Wildman–Crippen MR) is 108 cm³/mol. The van der Waals surface area contributed by atoms with Gasteiger partial charge in [0.15, 0.2) is 0 Å². The van der Waals surface area contributed by atoms with Gasteiger partial charge in [0.1, 0.15) is 17.3 Å². The Morgan fingerprint density at radius 1 is 1.06 bits per heavy atom. The van der Waals surface area contributed by atoms with Gasteiger partial charge in [-0.3, -0.25) is 4.79 Å². The van der Waals surface area contributed by atoms with Gasteiger partial charge in [-0.25, -0.2) is 9.37 Å². The van der Waals surface area contributed by atoms with Crippen molar-refractivity contribution in [2.75, 3.05) is 13.1 Å². The van der Waals surface area contributed by atoms with Crippen molar-refractivity contribution in [2.24, 2.45) is 5.92 Å². The van der Waals surface area contributed by atoms with Gasteiger partial charge in [0.2, 0.25) is 0 Å². The van der Waals surface area contributed by atoms with Crippen LogP contribution in [0.1, 0.15) is 34.7 Å². The Morgan fingerprint density at radius 2 is 1.74 bits per heavy atom. The number of nitrogens with one attached hydrogen (secondary N) is 1. The minimum atomic E-state index is -4.43. The molecule has 0 saturated carbocycles. The van der Waals surface area contributed by atoms with E-state index in [0.29, 0.717) is 54.9 Å². The number of amides is 1. The molecule has 0 radical (unpaired) electrons. The molecule has 1 aliphatic heterocycles. The third-order valence-electron chi connectivity index (χ3n) is 5.63. The number of carbonyl (C=O) groups is 1. The monoisotopic (exact) mass is 431 g/mol. The van der Waals surface area contributed by atoms with E-state index in [-0.39, 0.29) is 17.6 Å².